The van der Waals surface area contributed by atoms with Gasteiger partial charge >= 0.3 is 0 Å². The Morgan fingerprint density at radius 3 is 2.27 bits per heavy atom. The molecule has 0 fully saturated rings. The second-order valence-electron chi connectivity index (χ2n) is 6.15. The van der Waals surface area contributed by atoms with E-state index in [4.69, 9.17) is 0 Å². The lowest BCUT2D eigenvalue weighted by atomic mass is 9.87. The molecular weight excluding hydrogens is 300 g/mol. The van der Waals surface area contributed by atoms with Gasteiger partial charge in [-0.1, -0.05) is 39.0 Å². The fourth-order valence-corrected chi connectivity index (χ4v) is 3.02. The van der Waals surface area contributed by atoms with Gasteiger partial charge in [-0.25, -0.2) is 8.42 Å². The van der Waals surface area contributed by atoms with Gasteiger partial charge in [0.05, 0.1) is 10.9 Å². The zero-order valence-electron chi connectivity index (χ0n) is 13.5. The van der Waals surface area contributed by atoms with Crippen molar-refractivity contribution in [3.8, 4) is 0 Å². The minimum atomic E-state index is -3.73. The van der Waals surface area contributed by atoms with Gasteiger partial charge in [0.1, 0.15) is 0 Å². The van der Waals surface area contributed by atoms with Crippen molar-refractivity contribution < 1.29 is 13.2 Å². The summed E-state index contributed by atoms with van der Waals surface area (Å²) in [6.45, 7) is 11.5. The predicted molar refractivity (Wildman–Crippen MR) is 88.1 cm³/mol. The van der Waals surface area contributed by atoms with E-state index in [1.807, 2.05) is 0 Å². The number of sulfonamides is 1. The Labute approximate surface area is 132 Å². The third-order valence-electron chi connectivity index (χ3n) is 3.18. The van der Waals surface area contributed by atoms with E-state index in [0.29, 0.717) is 6.54 Å². The highest BCUT2D eigenvalue weighted by atomic mass is 32.2. The molecular formula is C16H24N2O3S. The Morgan fingerprint density at radius 2 is 1.82 bits per heavy atom. The molecule has 1 rings (SSSR count). The molecule has 1 aromatic rings. The van der Waals surface area contributed by atoms with Gasteiger partial charge in [-0.2, -0.15) is 4.72 Å². The normalized spacial score (nSPS) is 13.5. The van der Waals surface area contributed by atoms with E-state index in [1.165, 1.54) is 13.0 Å². The molecule has 0 aliphatic rings. The van der Waals surface area contributed by atoms with Crippen LogP contribution in [0.2, 0.25) is 0 Å². The molecule has 0 spiro atoms. The summed E-state index contributed by atoms with van der Waals surface area (Å²) in [7, 11) is -3.73. The van der Waals surface area contributed by atoms with Crippen LogP contribution in [0.3, 0.4) is 0 Å². The summed E-state index contributed by atoms with van der Waals surface area (Å²) in [6, 6.07) is 5.83. The predicted octanol–water partition coefficient (Wildman–Crippen LogP) is 1.95. The van der Waals surface area contributed by atoms with Gasteiger partial charge in [0.15, 0.2) is 0 Å². The second-order valence-corrected chi connectivity index (χ2v) is 7.87. The van der Waals surface area contributed by atoms with E-state index < -0.39 is 22.0 Å². The molecule has 0 aliphatic heterocycles. The molecule has 0 unspecified atom stereocenters. The first kappa shape index (κ1) is 18.4. The molecule has 1 amide bonds. The quantitative estimate of drug-likeness (QED) is 0.785. The molecule has 5 nitrogen and oxygen atoms in total. The van der Waals surface area contributed by atoms with Crippen LogP contribution in [-0.4, -0.2) is 26.9 Å². The van der Waals surface area contributed by atoms with Crippen molar-refractivity contribution in [2.45, 2.75) is 44.0 Å². The molecule has 2 N–H and O–H groups in total. The average Bonchev–Trinajstić information content (AvgIpc) is 2.43. The van der Waals surface area contributed by atoms with Gasteiger partial charge in [0.2, 0.25) is 15.9 Å². The van der Waals surface area contributed by atoms with Crippen LogP contribution in [0.4, 0.5) is 0 Å². The Hall–Kier alpha value is -1.66. The summed E-state index contributed by atoms with van der Waals surface area (Å²) < 4.78 is 26.9. The zero-order chi connectivity index (χ0) is 17.0. The number of nitrogens with one attached hydrogen (secondary N) is 2. The third kappa shape index (κ3) is 4.96. The first-order valence-corrected chi connectivity index (χ1v) is 8.57. The van der Waals surface area contributed by atoms with Crippen molar-refractivity contribution in [1.82, 2.24) is 10.0 Å². The first-order chi connectivity index (χ1) is 10.1. The number of amides is 1. The lowest BCUT2D eigenvalue weighted by Crippen LogP contribution is -2.44. The van der Waals surface area contributed by atoms with E-state index in [-0.39, 0.29) is 10.3 Å². The Balaban J connectivity index is 2.86. The molecule has 0 bridgehead atoms. The monoisotopic (exact) mass is 324 g/mol. The molecule has 122 valence electrons. The molecule has 0 aromatic heterocycles. The van der Waals surface area contributed by atoms with Crippen LogP contribution in [0.15, 0.2) is 41.8 Å². The molecule has 22 heavy (non-hydrogen) atoms. The summed E-state index contributed by atoms with van der Waals surface area (Å²) in [6.07, 6.45) is 1.53. The number of carbonyl (C=O) groups excluding carboxylic acids is 1. The zero-order valence-corrected chi connectivity index (χ0v) is 14.3. The SMILES string of the molecule is C=CCNC(=O)[C@H](C)NS(=O)(=O)c1ccc(C(C)(C)C)cc1. The van der Waals surface area contributed by atoms with Gasteiger partial charge in [0.25, 0.3) is 0 Å². The first-order valence-electron chi connectivity index (χ1n) is 7.09. The van der Waals surface area contributed by atoms with Crippen molar-refractivity contribution in [2.24, 2.45) is 0 Å². The van der Waals surface area contributed by atoms with Crippen molar-refractivity contribution in [2.75, 3.05) is 6.54 Å². The van der Waals surface area contributed by atoms with E-state index >= 15 is 0 Å². The van der Waals surface area contributed by atoms with Gasteiger partial charge < -0.3 is 5.32 Å². The fraction of sp³-hybridized carbons (Fsp3) is 0.438. The van der Waals surface area contributed by atoms with Crippen molar-refractivity contribution in [3.05, 3.63) is 42.5 Å². The minimum absolute atomic E-state index is 0.0480. The molecule has 0 heterocycles. The average molecular weight is 324 g/mol. The number of rotatable bonds is 6. The molecule has 0 saturated carbocycles. The largest absolute Gasteiger partial charge is 0.351 e. The minimum Gasteiger partial charge on any atom is -0.351 e. The van der Waals surface area contributed by atoms with Crippen molar-refractivity contribution >= 4 is 15.9 Å². The van der Waals surface area contributed by atoms with Crippen molar-refractivity contribution in [3.63, 3.8) is 0 Å². The summed E-state index contributed by atoms with van der Waals surface area (Å²) in [4.78, 5) is 11.9. The summed E-state index contributed by atoms with van der Waals surface area (Å²) in [5.41, 5.74) is 0.997. The summed E-state index contributed by atoms with van der Waals surface area (Å²) >= 11 is 0. The molecule has 0 aliphatic carbocycles. The highest BCUT2D eigenvalue weighted by Crippen LogP contribution is 2.23. The number of benzene rings is 1. The van der Waals surface area contributed by atoms with Crippen LogP contribution in [0, 0.1) is 0 Å². The molecule has 1 atom stereocenters. The fourth-order valence-electron chi connectivity index (χ4n) is 1.81. The standard InChI is InChI=1S/C16H24N2O3S/c1-6-11-17-15(19)12(2)18-22(20,21)14-9-7-13(8-10-14)16(3,4)5/h6-10,12,18H,1,11H2,2-5H3,(H,17,19)/t12-/m0/s1. The van der Waals surface area contributed by atoms with E-state index in [9.17, 15) is 13.2 Å². The van der Waals surface area contributed by atoms with Crippen LogP contribution >= 0.6 is 0 Å². The Morgan fingerprint density at radius 1 is 1.27 bits per heavy atom. The number of hydrogen-bond acceptors (Lipinski definition) is 3. The number of carbonyl (C=O) groups is 1. The molecule has 6 heteroatoms. The maximum atomic E-state index is 12.3. The highest BCUT2D eigenvalue weighted by Gasteiger charge is 2.22. The maximum Gasteiger partial charge on any atom is 0.241 e. The Kier molecular flexibility index (Phi) is 5.91. The second kappa shape index (κ2) is 7.07. The Bertz CT molecular complexity index is 628. The van der Waals surface area contributed by atoms with E-state index in [2.05, 4.69) is 37.4 Å². The lowest BCUT2D eigenvalue weighted by molar-refractivity contribution is -0.122. The van der Waals surface area contributed by atoms with Crippen LogP contribution in [0.5, 0.6) is 0 Å². The van der Waals surface area contributed by atoms with Gasteiger partial charge in [-0.15, -0.1) is 6.58 Å². The van der Waals surface area contributed by atoms with E-state index in [1.54, 1.807) is 24.3 Å². The van der Waals surface area contributed by atoms with Gasteiger partial charge in [-0.3, -0.25) is 4.79 Å². The smallest absolute Gasteiger partial charge is 0.241 e. The topological polar surface area (TPSA) is 75.3 Å². The van der Waals surface area contributed by atoms with Crippen LogP contribution in [0.25, 0.3) is 0 Å². The van der Waals surface area contributed by atoms with Crippen LogP contribution in [0.1, 0.15) is 33.3 Å². The highest BCUT2D eigenvalue weighted by molar-refractivity contribution is 7.89. The summed E-state index contributed by atoms with van der Waals surface area (Å²) in [5, 5.41) is 2.55. The lowest BCUT2D eigenvalue weighted by Gasteiger charge is -2.19. The van der Waals surface area contributed by atoms with Crippen molar-refractivity contribution in [1.29, 1.82) is 0 Å². The van der Waals surface area contributed by atoms with Gasteiger partial charge in [-0.05, 0) is 30.0 Å². The van der Waals surface area contributed by atoms with Crippen LogP contribution in [-0.2, 0) is 20.2 Å². The number of hydrogen-bond donors (Lipinski definition) is 2. The third-order valence-corrected chi connectivity index (χ3v) is 4.73. The van der Waals surface area contributed by atoms with Crippen LogP contribution < -0.4 is 10.0 Å². The van der Waals surface area contributed by atoms with Gasteiger partial charge in [0, 0.05) is 6.54 Å². The summed E-state index contributed by atoms with van der Waals surface area (Å²) in [5.74, 6) is -0.394. The molecule has 1 aromatic carbocycles. The van der Waals surface area contributed by atoms with E-state index in [0.717, 1.165) is 5.56 Å². The molecule has 0 radical (unpaired) electrons. The maximum absolute atomic E-state index is 12.3. The molecule has 0 saturated heterocycles.